The summed E-state index contributed by atoms with van der Waals surface area (Å²) >= 11 is 5.81. The van der Waals surface area contributed by atoms with Gasteiger partial charge in [-0.15, -0.1) is 0 Å². The molecule has 0 bridgehead atoms. The predicted octanol–water partition coefficient (Wildman–Crippen LogP) is 1.48. The van der Waals surface area contributed by atoms with Gasteiger partial charge in [-0.25, -0.2) is 4.98 Å². The highest BCUT2D eigenvalue weighted by Crippen LogP contribution is 2.21. The first-order valence-corrected chi connectivity index (χ1v) is 5.23. The molecule has 2 N–H and O–H groups in total. The Morgan fingerprint density at radius 1 is 1.41 bits per heavy atom. The van der Waals surface area contributed by atoms with Gasteiger partial charge in [-0.05, 0) is 11.6 Å². The zero-order valence-corrected chi connectivity index (χ0v) is 9.60. The Labute approximate surface area is 101 Å². The molecule has 0 radical (unpaired) electrons. The molecule has 3 aromatic rings. The molecule has 0 aromatic carbocycles. The molecule has 0 fully saturated rings. The number of H-pyrrole nitrogens is 1. The molecule has 0 amide bonds. The van der Waals surface area contributed by atoms with Gasteiger partial charge in [0.05, 0.1) is 6.33 Å². The van der Waals surface area contributed by atoms with Gasteiger partial charge in [0, 0.05) is 19.3 Å². The van der Waals surface area contributed by atoms with Crippen molar-refractivity contribution < 1.29 is 0 Å². The zero-order chi connectivity index (χ0) is 11.8. The number of hydrogen-bond acceptors (Lipinski definition) is 5. The molecule has 8 heteroatoms. The van der Waals surface area contributed by atoms with E-state index in [0.717, 1.165) is 0 Å². The second-order valence-corrected chi connectivity index (χ2v) is 3.78. The van der Waals surface area contributed by atoms with E-state index < -0.39 is 0 Å². The summed E-state index contributed by atoms with van der Waals surface area (Å²) in [5, 5.41) is 7.39. The van der Waals surface area contributed by atoms with Gasteiger partial charge in [-0.1, -0.05) is 0 Å². The Balaban J connectivity index is 2.07. The van der Waals surface area contributed by atoms with Gasteiger partial charge in [0.1, 0.15) is 5.52 Å². The molecule has 3 aromatic heterocycles. The van der Waals surface area contributed by atoms with Crippen LogP contribution in [-0.2, 0) is 7.05 Å². The summed E-state index contributed by atoms with van der Waals surface area (Å²) in [5.74, 6) is 1.23. The molecule has 0 saturated carbocycles. The van der Waals surface area contributed by atoms with Gasteiger partial charge in [-0.3, -0.25) is 4.68 Å². The number of fused-ring (bicyclic) bond motifs is 1. The zero-order valence-electron chi connectivity index (χ0n) is 8.85. The third-order valence-corrected chi connectivity index (χ3v) is 2.39. The second-order valence-electron chi connectivity index (χ2n) is 3.44. The van der Waals surface area contributed by atoms with Crippen LogP contribution in [0.1, 0.15) is 0 Å². The van der Waals surface area contributed by atoms with E-state index in [2.05, 4.69) is 30.4 Å². The Morgan fingerprint density at radius 2 is 2.29 bits per heavy atom. The van der Waals surface area contributed by atoms with E-state index in [4.69, 9.17) is 11.6 Å². The summed E-state index contributed by atoms with van der Waals surface area (Å²) in [6.45, 7) is 0. The number of hydrogen-bond donors (Lipinski definition) is 2. The van der Waals surface area contributed by atoms with Crippen molar-refractivity contribution >= 4 is 34.4 Å². The molecule has 3 heterocycles. The Bertz CT molecular complexity index is 671. The molecule has 0 unspecified atom stereocenters. The van der Waals surface area contributed by atoms with Gasteiger partial charge >= 0.3 is 0 Å². The van der Waals surface area contributed by atoms with E-state index in [1.807, 2.05) is 19.3 Å². The van der Waals surface area contributed by atoms with Gasteiger partial charge in [-0.2, -0.15) is 15.1 Å². The SMILES string of the molecule is Cn1ccc(Nc2nc(Cl)nc3nc[nH]c23)n1. The molecule has 0 spiro atoms. The lowest BCUT2D eigenvalue weighted by molar-refractivity contribution is 0.771. The quantitative estimate of drug-likeness (QED) is 0.672. The van der Waals surface area contributed by atoms with Crippen molar-refractivity contribution in [2.75, 3.05) is 5.32 Å². The number of nitrogens with zero attached hydrogens (tertiary/aromatic N) is 5. The van der Waals surface area contributed by atoms with E-state index in [1.165, 1.54) is 0 Å². The van der Waals surface area contributed by atoms with Crippen LogP contribution in [-0.4, -0.2) is 29.7 Å². The van der Waals surface area contributed by atoms with E-state index in [0.29, 0.717) is 22.8 Å². The number of rotatable bonds is 2. The third kappa shape index (κ3) is 1.80. The molecule has 17 heavy (non-hydrogen) atoms. The number of aromatic amines is 1. The third-order valence-electron chi connectivity index (χ3n) is 2.22. The standard InChI is InChI=1S/C9H8ClN7/c1-17-3-2-5(16-17)13-8-6-7(12-4-11-6)14-9(10)15-8/h2-4H,1H3,(H2,11,12,13,14,15,16). The number of aryl methyl sites for hydroxylation is 1. The van der Waals surface area contributed by atoms with Crippen LogP contribution in [0.5, 0.6) is 0 Å². The van der Waals surface area contributed by atoms with Crippen LogP contribution in [0.4, 0.5) is 11.6 Å². The minimum atomic E-state index is 0.142. The van der Waals surface area contributed by atoms with Crippen molar-refractivity contribution in [3.8, 4) is 0 Å². The molecule has 0 aliphatic heterocycles. The fraction of sp³-hybridized carbons (Fsp3) is 0.111. The Hall–Kier alpha value is -2.15. The summed E-state index contributed by atoms with van der Waals surface area (Å²) in [5.41, 5.74) is 1.21. The molecule has 0 saturated heterocycles. The normalized spacial score (nSPS) is 10.9. The molecular weight excluding hydrogens is 242 g/mol. The van der Waals surface area contributed by atoms with Crippen LogP contribution < -0.4 is 5.32 Å². The second kappa shape index (κ2) is 3.70. The first-order valence-electron chi connectivity index (χ1n) is 4.85. The number of aromatic nitrogens is 6. The highest BCUT2D eigenvalue weighted by atomic mass is 35.5. The summed E-state index contributed by atoms with van der Waals surface area (Å²) in [4.78, 5) is 15.1. The van der Waals surface area contributed by atoms with Crippen LogP contribution in [0.2, 0.25) is 5.28 Å². The van der Waals surface area contributed by atoms with Crippen molar-refractivity contribution in [2.24, 2.45) is 7.05 Å². The largest absolute Gasteiger partial charge is 0.340 e. The van der Waals surface area contributed by atoms with E-state index in [1.54, 1.807) is 11.0 Å². The van der Waals surface area contributed by atoms with Gasteiger partial charge in [0.15, 0.2) is 17.3 Å². The maximum absolute atomic E-state index is 5.81. The van der Waals surface area contributed by atoms with Crippen LogP contribution >= 0.6 is 11.6 Å². The molecule has 0 aliphatic rings. The number of anilines is 2. The monoisotopic (exact) mass is 249 g/mol. The van der Waals surface area contributed by atoms with Crippen molar-refractivity contribution in [2.45, 2.75) is 0 Å². The van der Waals surface area contributed by atoms with Crippen molar-refractivity contribution in [3.63, 3.8) is 0 Å². The smallest absolute Gasteiger partial charge is 0.226 e. The lowest BCUT2D eigenvalue weighted by Crippen LogP contribution is -1.98. The van der Waals surface area contributed by atoms with Gasteiger partial charge in [0.25, 0.3) is 0 Å². The lowest BCUT2D eigenvalue weighted by Gasteiger charge is -2.02. The highest BCUT2D eigenvalue weighted by Gasteiger charge is 2.09. The molecule has 0 atom stereocenters. The number of nitrogens with one attached hydrogen (secondary N) is 2. The van der Waals surface area contributed by atoms with Crippen molar-refractivity contribution in [1.29, 1.82) is 0 Å². The highest BCUT2D eigenvalue weighted by molar-refractivity contribution is 6.28. The van der Waals surface area contributed by atoms with Crippen LogP contribution in [0.15, 0.2) is 18.6 Å². The molecule has 86 valence electrons. The van der Waals surface area contributed by atoms with E-state index in [9.17, 15) is 0 Å². The maximum atomic E-state index is 5.81. The van der Waals surface area contributed by atoms with Crippen LogP contribution in [0, 0.1) is 0 Å². The molecule has 7 nitrogen and oxygen atoms in total. The van der Waals surface area contributed by atoms with Gasteiger partial charge < -0.3 is 10.3 Å². The Kier molecular flexibility index (Phi) is 2.19. The van der Waals surface area contributed by atoms with E-state index >= 15 is 0 Å². The first-order chi connectivity index (χ1) is 8.22. The van der Waals surface area contributed by atoms with Crippen LogP contribution in [0.3, 0.4) is 0 Å². The summed E-state index contributed by atoms with van der Waals surface area (Å²) < 4.78 is 1.69. The topological polar surface area (TPSA) is 84.3 Å². The molecule has 3 rings (SSSR count). The average molecular weight is 250 g/mol. The van der Waals surface area contributed by atoms with E-state index in [-0.39, 0.29) is 5.28 Å². The van der Waals surface area contributed by atoms with Crippen molar-refractivity contribution in [1.82, 2.24) is 29.7 Å². The molecule has 0 aliphatic carbocycles. The Morgan fingerprint density at radius 3 is 3.06 bits per heavy atom. The summed E-state index contributed by atoms with van der Waals surface area (Å²) in [6, 6.07) is 1.83. The predicted molar refractivity (Wildman–Crippen MR) is 63.2 cm³/mol. The number of imidazole rings is 1. The maximum Gasteiger partial charge on any atom is 0.226 e. The summed E-state index contributed by atoms with van der Waals surface area (Å²) in [6.07, 6.45) is 3.37. The summed E-state index contributed by atoms with van der Waals surface area (Å²) in [7, 11) is 1.84. The van der Waals surface area contributed by atoms with Crippen LogP contribution in [0.25, 0.3) is 11.2 Å². The fourth-order valence-corrected chi connectivity index (χ4v) is 1.66. The number of halogens is 1. The van der Waals surface area contributed by atoms with Crippen molar-refractivity contribution in [3.05, 3.63) is 23.9 Å². The average Bonchev–Trinajstić information content (AvgIpc) is 2.87. The lowest BCUT2D eigenvalue weighted by atomic mass is 10.5. The minimum absolute atomic E-state index is 0.142. The minimum Gasteiger partial charge on any atom is -0.340 e. The molecular formula is C9H8ClN7. The van der Waals surface area contributed by atoms with Gasteiger partial charge in [0.2, 0.25) is 5.28 Å². The fourth-order valence-electron chi connectivity index (χ4n) is 1.50. The first kappa shape index (κ1) is 10.0.